The zero-order chi connectivity index (χ0) is 22.0. The number of hydrogen-bond donors (Lipinski definition) is 2. The lowest BCUT2D eigenvalue weighted by atomic mass is 9.53. The Hall–Kier alpha value is -2.57. The van der Waals surface area contributed by atoms with Crippen molar-refractivity contribution < 1.29 is 23.9 Å². The van der Waals surface area contributed by atoms with Gasteiger partial charge in [-0.2, -0.15) is 0 Å². The van der Waals surface area contributed by atoms with Crippen molar-refractivity contribution in [3.05, 3.63) is 29.8 Å². The third kappa shape index (κ3) is 4.77. The fraction of sp³-hybridized carbons (Fsp3) is 0.609. The number of amides is 2. The molecule has 0 heterocycles. The minimum atomic E-state index is -0.535. The van der Waals surface area contributed by atoms with Crippen LogP contribution >= 0.6 is 0 Å². The number of fused-ring (bicyclic) bond motifs is 3. The Kier molecular flexibility index (Phi) is 6.11. The Morgan fingerprint density at radius 1 is 0.933 bits per heavy atom. The fourth-order valence-electron chi connectivity index (χ4n) is 4.51. The summed E-state index contributed by atoms with van der Waals surface area (Å²) in [5, 5.41) is 5.76. The summed E-state index contributed by atoms with van der Waals surface area (Å²) < 4.78 is 10.2. The van der Waals surface area contributed by atoms with E-state index >= 15 is 0 Å². The molecule has 1 aromatic rings. The van der Waals surface area contributed by atoms with E-state index in [0.29, 0.717) is 45.1 Å². The monoisotopic (exact) mass is 416 g/mol. The number of nitrogens with one attached hydrogen (secondary N) is 2. The van der Waals surface area contributed by atoms with Crippen LogP contribution in [-0.2, 0) is 25.6 Å². The first-order chi connectivity index (χ1) is 14.1. The number of ether oxygens (including phenoxy) is 2. The smallest absolute Gasteiger partial charge is 0.407 e. The maximum Gasteiger partial charge on any atom is 0.407 e. The van der Waals surface area contributed by atoms with Crippen LogP contribution in [0.25, 0.3) is 0 Å². The minimum Gasteiger partial charge on any atom is -0.469 e. The van der Waals surface area contributed by atoms with Gasteiger partial charge in [-0.05, 0) is 77.0 Å². The van der Waals surface area contributed by atoms with Crippen LogP contribution in [0.5, 0.6) is 0 Å². The number of carbonyl (C=O) groups is 3. The van der Waals surface area contributed by atoms with E-state index in [2.05, 4.69) is 10.6 Å². The van der Waals surface area contributed by atoms with Gasteiger partial charge in [-0.3, -0.25) is 9.59 Å². The van der Waals surface area contributed by atoms with Crippen molar-refractivity contribution in [3.63, 3.8) is 0 Å². The van der Waals surface area contributed by atoms with Gasteiger partial charge in [0, 0.05) is 17.6 Å². The molecule has 2 amide bonds. The second kappa shape index (κ2) is 8.28. The van der Waals surface area contributed by atoms with Crippen LogP contribution in [0, 0.1) is 10.8 Å². The predicted molar refractivity (Wildman–Crippen MR) is 113 cm³/mol. The number of alkyl carbamates (subject to hydrolysis) is 1. The highest BCUT2D eigenvalue weighted by Crippen LogP contribution is 2.57. The van der Waals surface area contributed by atoms with Crippen molar-refractivity contribution in [2.75, 3.05) is 12.4 Å². The summed E-state index contributed by atoms with van der Waals surface area (Å²) in [5.74, 6) is -0.105. The van der Waals surface area contributed by atoms with Crippen LogP contribution in [-0.4, -0.2) is 30.7 Å². The Labute approximate surface area is 177 Å². The molecule has 30 heavy (non-hydrogen) atoms. The third-order valence-electron chi connectivity index (χ3n) is 6.39. The van der Waals surface area contributed by atoms with Crippen molar-refractivity contribution in [2.24, 2.45) is 10.8 Å². The van der Waals surface area contributed by atoms with Crippen LogP contribution in [0.1, 0.15) is 64.9 Å². The molecule has 3 aliphatic rings. The molecule has 0 atom stereocenters. The lowest BCUT2D eigenvalue weighted by Crippen LogP contribution is -2.51. The first-order valence-corrected chi connectivity index (χ1v) is 10.5. The van der Waals surface area contributed by atoms with Crippen molar-refractivity contribution in [1.82, 2.24) is 5.32 Å². The molecule has 3 aliphatic carbocycles. The molecular formula is C23H32N2O5. The van der Waals surface area contributed by atoms with Crippen LogP contribution in [0.3, 0.4) is 0 Å². The molecular weight excluding hydrogens is 384 g/mol. The molecule has 0 spiro atoms. The summed E-state index contributed by atoms with van der Waals surface area (Å²) in [4.78, 5) is 36.9. The summed E-state index contributed by atoms with van der Waals surface area (Å²) >= 11 is 0. The van der Waals surface area contributed by atoms with Crippen LogP contribution in [0.15, 0.2) is 24.3 Å². The van der Waals surface area contributed by atoms with E-state index in [0.717, 1.165) is 11.3 Å². The topological polar surface area (TPSA) is 93.7 Å². The maximum absolute atomic E-state index is 13.0. The van der Waals surface area contributed by atoms with Gasteiger partial charge in [0.05, 0.1) is 12.5 Å². The van der Waals surface area contributed by atoms with Gasteiger partial charge in [-0.25, -0.2) is 4.79 Å². The highest BCUT2D eigenvalue weighted by Gasteiger charge is 2.56. The van der Waals surface area contributed by atoms with E-state index in [1.807, 2.05) is 45.0 Å². The average molecular weight is 417 g/mol. The number of rotatable bonds is 5. The highest BCUT2D eigenvalue weighted by molar-refractivity contribution is 5.96. The van der Waals surface area contributed by atoms with Crippen molar-refractivity contribution in [3.8, 4) is 0 Å². The van der Waals surface area contributed by atoms with Gasteiger partial charge in [0.25, 0.3) is 0 Å². The molecule has 0 saturated heterocycles. The summed E-state index contributed by atoms with van der Waals surface area (Å²) in [7, 11) is 1.44. The Bertz CT molecular complexity index is 785. The maximum atomic E-state index is 13.0. The molecule has 0 radical (unpaired) electrons. The van der Waals surface area contributed by atoms with E-state index in [-0.39, 0.29) is 17.3 Å². The van der Waals surface area contributed by atoms with E-state index in [9.17, 15) is 14.4 Å². The molecule has 2 N–H and O–H groups in total. The zero-order valence-electron chi connectivity index (χ0n) is 18.3. The van der Waals surface area contributed by atoms with E-state index in [1.165, 1.54) is 7.11 Å². The van der Waals surface area contributed by atoms with E-state index in [1.54, 1.807) is 0 Å². The van der Waals surface area contributed by atoms with E-state index < -0.39 is 17.1 Å². The standard InChI is InChI=1S/C23H32N2O5/c1-21(2,3)30-20(28)24-15-16-5-7-17(8-6-16)25-18(26)22-9-12-23(13-10-22,14-11-22)19(27)29-4/h5-8H,9-15H2,1-4H3,(H,24,28)(H,25,26). The minimum absolute atomic E-state index is 0.0281. The molecule has 3 saturated carbocycles. The van der Waals surface area contributed by atoms with Gasteiger partial charge < -0.3 is 20.1 Å². The zero-order valence-corrected chi connectivity index (χ0v) is 18.3. The molecule has 3 fully saturated rings. The van der Waals surface area contributed by atoms with Crippen LogP contribution < -0.4 is 10.6 Å². The van der Waals surface area contributed by atoms with Gasteiger partial charge >= 0.3 is 12.1 Å². The first-order valence-electron chi connectivity index (χ1n) is 10.5. The summed E-state index contributed by atoms with van der Waals surface area (Å²) in [6.45, 7) is 5.80. The highest BCUT2D eigenvalue weighted by atomic mass is 16.6. The number of esters is 1. The Morgan fingerprint density at radius 3 is 1.97 bits per heavy atom. The SMILES string of the molecule is COC(=O)C12CCC(C(=O)Nc3ccc(CNC(=O)OC(C)(C)C)cc3)(CC1)CC2. The number of hydrogen-bond acceptors (Lipinski definition) is 5. The Balaban J connectivity index is 1.53. The second-order valence-corrected chi connectivity index (χ2v) is 9.56. The van der Waals surface area contributed by atoms with Gasteiger partial charge in [0.1, 0.15) is 5.60 Å². The second-order valence-electron chi connectivity index (χ2n) is 9.56. The molecule has 7 heteroatoms. The molecule has 4 rings (SSSR count). The van der Waals surface area contributed by atoms with Gasteiger partial charge in [-0.1, -0.05) is 12.1 Å². The van der Waals surface area contributed by atoms with Gasteiger partial charge in [0.15, 0.2) is 0 Å². The third-order valence-corrected chi connectivity index (χ3v) is 6.39. The molecule has 1 aromatic carbocycles. The molecule has 0 unspecified atom stereocenters. The van der Waals surface area contributed by atoms with Crippen LogP contribution in [0.4, 0.5) is 10.5 Å². The lowest BCUT2D eigenvalue weighted by Gasteiger charge is -2.50. The van der Waals surface area contributed by atoms with Crippen molar-refractivity contribution in [2.45, 2.75) is 71.4 Å². The molecule has 0 aromatic heterocycles. The molecule has 164 valence electrons. The number of benzene rings is 1. The van der Waals surface area contributed by atoms with Crippen molar-refractivity contribution in [1.29, 1.82) is 0 Å². The lowest BCUT2D eigenvalue weighted by molar-refractivity contribution is -0.165. The normalized spacial score (nSPS) is 25.3. The molecule has 7 nitrogen and oxygen atoms in total. The first kappa shape index (κ1) is 22.1. The summed E-state index contributed by atoms with van der Waals surface area (Å²) in [5.41, 5.74) is 0.319. The predicted octanol–water partition coefficient (Wildman–Crippen LogP) is 4.16. The quantitative estimate of drug-likeness (QED) is 0.703. The van der Waals surface area contributed by atoms with Gasteiger partial charge in [0.2, 0.25) is 5.91 Å². The Morgan fingerprint density at radius 2 is 1.47 bits per heavy atom. The van der Waals surface area contributed by atoms with Crippen LogP contribution in [0.2, 0.25) is 0 Å². The van der Waals surface area contributed by atoms with Crippen molar-refractivity contribution >= 4 is 23.7 Å². The largest absolute Gasteiger partial charge is 0.469 e. The fourth-order valence-corrected chi connectivity index (χ4v) is 4.51. The number of carbonyl (C=O) groups excluding carboxylic acids is 3. The molecule has 0 aliphatic heterocycles. The molecule has 2 bridgehead atoms. The summed E-state index contributed by atoms with van der Waals surface area (Å²) in [6.07, 6.45) is 3.81. The number of anilines is 1. The van der Waals surface area contributed by atoms with E-state index in [4.69, 9.17) is 9.47 Å². The number of methoxy groups -OCH3 is 1. The van der Waals surface area contributed by atoms with Gasteiger partial charge in [-0.15, -0.1) is 0 Å². The average Bonchev–Trinajstić information content (AvgIpc) is 2.72. The summed E-state index contributed by atoms with van der Waals surface area (Å²) in [6, 6.07) is 7.42.